The van der Waals surface area contributed by atoms with Crippen molar-refractivity contribution in [2.75, 3.05) is 33.9 Å². The molecule has 8 nitrogen and oxygen atoms in total. The van der Waals surface area contributed by atoms with Crippen molar-refractivity contribution in [3.63, 3.8) is 0 Å². The predicted octanol–water partition coefficient (Wildman–Crippen LogP) is 2.05. The summed E-state index contributed by atoms with van der Waals surface area (Å²) in [6.45, 7) is 0.922. The summed E-state index contributed by atoms with van der Waals surface area (Å²) in [6, 6.07) is 13.6. The van der Waals surface area contributed by atoms with Gasteiger partial charge in [-0.25, -0.2) is 12.7 Å². The molecule has 3 rings (SSSR count). The van der Waals surface area contributed by atoms with Crippen LogP contribution in [0, 0.1) is 0 Å². The second kappa shape index (κ2) is 9.82. The Hall–Kier alpha value is -2.78. The van der Waals surface area contributed by atoms with Crippen LogP contribution in [0.15, 0.2) is 53.4 Å². The van der Waals surface area contributed by atoms with Gasteiger partial charge in [-0.1, -0.05) is 12.1 Å². The van der Waals surface area contributed by atoms with Gasteiger partial charge in [0.25, 0.3) is 0 Å². The summed E-state index contributed by atoms with van der Waals surface area (Å²) in [5.41, 5.74) is 0. The molecule has 1 N–H and O–H groups in total. The molecule has 0 spiro atoms. The fourth-order valence-corrected chi connectivity index (χ4v) is 4.20. The normalized spacial score (nSPS) is 15.6. The van der Waals surface area contributed by atoms with E-state index in [0.717, 1.165) is 0 Å². The molecule has 0 saturated heterocycles. The van der Waals surface area contributed by atoms with Gasteiger partial charge in [-0.15, -0.1) is 0 Å². The van der Waals surface area contributed by atoms with E-state index < -0.39 is 10.0 Å². The Kier molecular flexibility index (Phi) is 7.17. The van der Waals surface area contributed by atoms with Crippen LogP contribution < -0.4 is 19.5 Å². The number of para-hydroxylation sites is 2. The number of carbonyl (C=O) groups excluding carboxylic acids is 1. The van der Waals surface area contributed by atoms with E-state index in [-0.39, 0.29) is 29.9 Å². The van der Waals surface area contributed by atoms with Crippen LogP contribution in [-0.4, -0.2) is 58.6 Å². The molecule has 1 aliphatic heterocycles. The molecule has 0 unspecified atom stereocenters. The fraction of sp³-hybridized carbons (Fsp3) is 0.381. The lowest BCUT2D eigenvalue weighted by molar-refractivity contribution is -0.121. The van der Waals surface area contributed by atoms with E-state index in [1.165, 1.54) is 30.6 Å². The van der Waals surface area contributed by atoms with Crippen LogP contribution in [0.1, 0.15) is 12.8 Å². The van der Waals surface area contributed by atoms with Crippen LogP contribution in [0.25, 0.3) is 0 Å². The highest BCUT2D eigenvalue weighted by Crippen LogP contribution is 2.30. The smallest absolute Gasteiger partial charge is 0.242 e. The highest BCUT2D eigenvalue weighted by Gasteiger charge is 2.22. The molecule has 1 aliphatic rings. The van der Waals surface area contributed by atoms with Gasteiger partial charge in [-0.05, 0) is 42.8 Å². The fourth-order valence-electron chi connectivity index (χ4n) is 2.99. The number of benzene rings is 2. The Balaban J connectivity index is 1.40. The first-order valence-corrected chi connectivity index (χ1v) is 11.1. The minimum absolute atomic E-state index is 0.160. The number of fused-ring (bicyclic) bond motifs is 1. The minimum Gasteiger partial charge on any atom is -0.497 e. The third kappa shape index (κ3) is 5.43. The molecule has 9 heteroatoms. The van der Waals surface area contributed by atoms with Crippen LogP contribution in [0.2, 0.25) is 0 Å². The molecule has 30 heavy (non-hydrogen) atoms. The lowest BCUT2D eigenvalue weighted by Gasteiger charge is -2.26. The van der Waals surface area contributed by atoms with Gasteiger partial charge in [0.15, 0.2) is 11.5 Å². The molecule has 0 radical (unpaired) electrons. The van der Waals surface area contributed by atoms with E-state index in [9.17, 15) is 13.2 Å². The Bertz CT molecular complexity index is 962. The van der Waals surface area contributed by atoms with E-state index in [0.29, 0.717) is 36.8 Å². The highest BCUT2D eigenvalue weighted by atomic mass is 32.2. The summed E-state index contributed by atoms with van der Waals surface area (Å²) in [5.74, 6) is 1.78. The van der Waals surface area contributed by atoms with Crippen LogP contribution in [0.5, 0.6) is 17.2 Å². The van der Waals surface area contributed by atoms with E-state index in [1.807, 2.05) is 24.3 Å². The zero-order chi connectivity index (χ0) is 21.6. The van der Waals surface area contributed by atoms with Crippen molar-refractivity contribution in [1.29, 1.82) is 0 Å². The molecule has 0 saturated carbocycles. The molecule has 2 aromatic carbocycles. The summed E-state index contributed by atoms with van der Waals surface area (Å²) in [4.78, 5) is 12.3. The van der Waals surface area contributed by atoms with Crippen molar-refractivity contribution in [1.82, 2.24) is 9.62 Å². The molecule has 0 aromatic heterocycles. The topological polar surface area (TPSA) is 94.2 Å². The molecular weight excluding hydrogens is 408 g/mol. The first-order valence-electron chi connectivity index (χ1n) is 9.65. The Labute approximate surface area is 176 Å². The summed E-state index contributed by atoms with van der Waals surface area (Å²) in [7, 11) is -0.587. The predicted molar refractivity (Wildman–Crippen MR) is 111 cm³/mol. The summed E-state index contributed by atoms with van der Waals surface area (Å²) in [5, 5.41) is 2.81. The monoisotopic (exact) mass is 434 g/mol. The second-order valence-electron chi connectivity index (χ2n) is 6.91. The number of methoxy groups -OCH3 is 1. The molecule has 1 heterocycles. The van der Waals surface area contributed by atoms with E-state index in [2.05, 4.69) is 5.32 Å². The maximum absolute atomic E-state index is 12.6. The van der Waals surface area contributed by atoms with Crippen molar-refractivity contribution in [2.24, 2.45) is 0 Å². The number of rotatable bonds is 9. The third-order valence-electron chi connectivity index (χ3n) is 4.74. The first kappa shape index (κ1) is 21.9. The third-order valence-corrected chi connectivity index (χ3v) is 6.61. The molecule has 162 valence electrons. The van der Waals surface area contributed by atoms with Crippen molar-refractivity contribution in [3.05, 3.63) is 48.5 Å². The lowest BCUT2D eigenvalue weighted by Crippen LogP contribution is -2.40. The van der Waals surface area contributed by atoms with Gasteiger partial charge in [0, 0.05) is 20.0 Å². The molecular formula is C21H26N2O6S. The maximum atomic E-state index is 12.6. The minimum atomic E-state index is -3.61. The number of hydrogen-bond acceptors (Lipinski definition) is 6. The molecule has 0 bridgehead atoms. The quantitative estimate of drug-likeness (QED) is 0.649. The van der Waals surface area contributed by atoms with Gasteiger partial charge in [0.2, 0.25) is 15.9 Å². The highest BCUT2D eigenvalue weighted by molar-refractivity contribution is 7.89. The zero-order valence-electron chi connectivity index (χ0n) is 17.0. The summed E-state index contributed by atoms with van der Waals surface area (Å²) >= 11 is 0. The largest absolute Gasteiger partial charge is 0.497 e. The molecule has 1 amide bonds. The Morgan fingerprint density at radius 2 is 1.87 bits per heavy atom. The van der Waals surface area contributed by atoms with Gasteiger partial charge in [-0.3, -0.25) is 4.79 Å². The number of nitrogens with one attached hydrogen (secondary N) is 1. The first-order chi connectivity index (χ1) is 14.4. The second-order valence-corrected chi connectivity index (χ2v) is 8.95. The standard InChI is InChI=1S/C21H26N2O6S/c1-23(30(25,26)18-11-9-16(27-2)10-12-18)13-5-8-21(24)22-14-17-15-28-19-6-3-4-7-20(19)29-17/h3-4,6-7,9-12,17H,5,8,13-15H2,1-2H3,(H,22,24)/t17-/m1/s1. The average molecular weight is 435 g/mol. The molecule has 2 aromatic rings. The molecule has 0 aliphatic carbocycles. The lowest BCUT2D eigenvalue weighted by atomic mass is 10.2. The number of amides is 1. The summed E-state index contributed by atoms with van der Waals surface area (Å²) in [6.07, 6.45) is 0.358. The average Bonchev–Trinajstić information content (AvgIpc) is 2.77. The van der Waals surface area contributed by atoms with Gasteiger partial charge in [0.1, 0.15) is 18.5 Å². The van der Waals surface area contributed by atoms with Gasteiger partial charge < -0.3 is 19.5 Å². The number of carbonyl (C=O) groups is 1. The van der Waals surface area contributed by atoms with Crippen LogP contribution >= 0.6 is 0 Å². The van der Waals surface area contributed by atoms with Gasteiger partial charge >= 0.3 is 0 Å². The van der Waals surface area contributed by atoms with Crippen LogP contribution in [0.4, 0.5) is 0 Å². The maximum Gasteiger partial charge on any atom is 0.242 e. The number of sulfonamides is 1. The van der Waals surface area contributed by atoms with Crippen molar-refractivity contribution in [3.8, 4) is 17.2 Å². The van der Waals surface area contributed by atoms with Gasteiger partial charge in [0.05, 0.1) is 18.6 Å². The van der Waals surface area contributed by atoms with Crippen molar-refractivity contribution in [2.45, 2.75) is 23.8 Å². The molecule has 0 fully saturated rings. The van der Waals surface area contributed by atoms with E-state index >= 15 is 0 Å². The molecule has 1 atom stereocenters. The van der Waals surface area contributed by atoms with E-state index in [4.69, 9.17) is 14.2 Å². The number of ether oxygens (including phenoxy) is 3. The Morgan fingerprint density at radius 1 is 1.17 bits per heavy atom. The SMILES string of the molecule is COc1ccc(S(=O)(=O)N(C)CCCC(=O)NC[C@@H]2COc3ccccc3O2)cc1. The number of hydrogen-bond donors (Lipinski definition) is 1. The van der Waals surface area contributed by atoms with E-state index in [1.54, 1.807) is 12.1 Å². The van der Waals surface area contributed by atoms with Gasteiger partial charge in [-0.2, -0.15) is 0 Å². The summed E-state index contributed by atoms with van der Waals surface area (Å²) < 4.78 is 42.9. The van der Waals surface area contributed by atoms with Crippen LogP contribution in [-0.2, 0) is 14.8 Å². The number of nitrogens with zero attached hydrogens (tertiary/aromatic N) is 1. The van der Waals surface area contributed by atoms with Crippen molar-refractivity contribution >= 4 is 15.9 Å². The van der Waals surface area contributed by atoms with Crippen LogP contribution in [0.3, 0.4) is 0 Å². The van der Waals surface area contributed by atoms with Crippen molar-refractivity contribution < 1.29 is 27.4 Å². The Morgan fingerprint density at radius 3 is 2.57 bits per heavy atom. The zero-order valence-corrected chi connectivity index (χ0v) is 17.9.